The molecule has 4 nitrogen and oxygen atoms in total. The number of rotatable bonds is 20. The van der Waals surface area contributed by atoms with Gasteiger partial charge in [-0.25, -0.2) is 8.42 Å². The molecule has 0 fully saturated rings. The Morgan fingerprint density at radius 3 is 1.59 bits per heavy atom. The summed E-state index contributed by atoms with van der Waals surface area (Å²) in [6.07, 6.45) is 22.8. The van der Waals surface area contributed by atoms with Gasteiger partial charge in [0.05, 0.1) is 4.90 Å². The van der Waals surface area contributed by atoms with E-state index in [0.717, 1.165) is 24.0 Å². The monoisotopic (exact) mass is 529 g/mol. The fraction of sp³-hybridized carbons (Fsp3) is 0.625. The maximum Gasteiger partial charge on any atom is 0.262 e. The highest BCUT2D eigenvalue weighted by Crippen LogP contribution is 2.25. The number of phenolic OH excluding ortho intramolecular Hbond substituents is 1. The van der Waals surface area contributed by atoms with Crippen molar-refractivity contribution in [2.45, 2.75) is 135 Å². The predicted molar refractivity (Wildman–Crippen MR) is 158 cm³/mol. The average Bonchev–Trinajstić information content (AvgIpc) is 2.86. The molecule has 0 aliphatic carbocycles. The van der Waals surface area contributed by atoms with Crippen LogP contribution in [0, 0.1) is 13.8 Å². The van der Waals surface area contributed by atoms with Gasteiger partial charge in [-0.15, -0.1) is 0 Å². The van der Waals surface area contributed by atoms with E-state index in [4.69, 9.17) is 0 Å². The fourth-order valence-corrected chi connectivity index (χ4v) is 6.38. The van der Waals surface area contributed by atoms with Gasteiger partial charge < -0.3 is 5.11 Å². The number of unbranched alkanes of at least 4 members (excludes halogenated alkanes) is 15. The highest BCUT2D eigenvalue weighted by molar-refractivity contribution is 7.92. The second-order valence-corrected chi connectivity index (χ2v) is 12.4. The summed E-state index contributed by atoms with van der Waals surface area (Å²) in [5, 5.41) is 9.42. The topological polar surface area (TPSA) is 66.4 Å². The zero-order valence-corrected chi connectivity index (χ0v) is 24.5. The molecule has 2 aromatic carbocycles. The SMILES string of the molecule is CCCCCCCCCCCCCCCCCCc1cc(C)c(S(=O)(=O)Nc2ccc(O)cc2)cc1C. The summed E-state index contributed by atoms with van der Waals surface area (Å²) in [4.78, 5) is 0.314. The lowest BCUT2D eigenvalue weighted by Gasteiger charge is -2.14. The first-order chi connectivity index (χ1) is 17.8. The van der Waals surface area contributed by atoms with Crippen LogP contribution in [0.4, 0.5) is 5.69 Å². The maximum atomic E-state index is 12.9. The van der Waals surface area contributed by atoms with Crippen molar-refractivity contribution in [3.63, 3.8) is 0 Å². The van der Waals surface area contributed by atoms with Gasteiger partial charge in [0.15, 0.2) is 0 Å². The zero-order valence-electron chi connectivity index (χ0n) is 23.7. The number of aromatic hydroxyl groups is 1. The van der Waals surface area contributed by atoms with Gasteiger partial charge in [0.2, 0.25) is 0 Å². The first kappa shape index (κ1) is 31.2. The van der Waals surface area contributed by atoms with Gasteiger partial charge in [0, 0.05) is 5.69 Å². The number of hydrogen-bond donors (Lipinski definition) is 2. The molecule has 0 atom stereocenters. The van der Waals surface area contributed by atoms with Crippen LogP contribution in [-0.4, -0.2) is 13.5 Å². The second-order valence-electron chi connectivity index (χ2n) is 10.7. The first-order valence-electron chi connectivity index (χ1n) is 14.8. The third-order valence-corrected chi connectivity index (χ3v) is 8.87. The van der Waals surface area contributed by atoms with Crippen molar-refractivity contribution < 1.29 is 13.5 Å². The Hall–Kier alpha value is -2.01. The van der Waals surface area contributed by atoms with Gasteiger partial charge >= 0.3 is 0 Å². The molecule has 0 spiro atoms. The van der Waals surface area contributed by atoms with Crippen molar-refractivity contribution in [3.8, 4) is 5.75 Å². The molecule has 0 unspecified atom stereocenters. The molecule has 2 rings (SSSR count). The van der Waals surface area contributed by atoms with Crippen LogP contribution in [0.3, 0.4) is 0 Å². The zero-order chi connectivity index (χ0) is 26.9. The minimum Gasteiger partial charge on any atom is -0.508 e. The van der Waals surface area contributed by atoms with Crippen LogP contribution in [0.15, 0.2) is 41.3 Å². The van der Waals surface area contributed by atoms with E-state index in [9.17, 15) is 13.5 Å². The first-order valence-corrected chi connectivity index (χ1v) is 16.2. The van der Waals surface area contributed by atoms with Gasteiger partial charge in [-0.1, -0.05) is 109 Å². The Morgan fingerprint density at radius 1 is 0.649 bits per heavy atom. The Balaban J connectivity index is 1.59. The number of nitrogens with one attached hydrogen (secondary N) is 1. The van der Waals surface area contributed by atoms with E-state index in [1.165, 1.54) is 114 Å². The summed E-state index contributed by atoms with van der Waals surface area (Å²) >= 11 is 0. The summed E-state index contributed by atoms with van der Waals surface area (Å²) in [6.45, 7) is 6.14. The van der Waals surface area contributed by atoms with Crippen LogP contribution >= 0.6 is 0 Å². The van der Waals surface area contributed by atoms with Gasteiger partial charge in [-0.05, 0) is 73.7 Å². The van der Waals surface area contributed by atoms with E-state index < -0.39 is 10.0 Å². The van der Waals surface area contributed by atoms with E-state index in [1.807, 2.05) is 19.9 Å². The van der Waals surface area contributed by atoms with E-state index in [2.05, 4.69) is 11.6 Å². The lowest BCUT2D eigenvalue weighted by atomic mass is 9.99. The Labute approximate surface area is 227 Å². The molecule has 208 valence electrons. The number of hydrogen-bond acceptors (Lipinski definition) is 3. The van der Waals surface area contributed by atoms with Crippen LogP contribution in [0.5, 0.6) is 5.75 Å². The van der Waals surface area contributed by atoms with E-state index in [0.29, 0.717) is 10.6 Å². The van der Waals surface area contributed by atoms with Crippen molar-refractivity contribution in [3.05, 3.63) is 53.1 Å². The Bertz CT molecular complexity index is 999. The molecule has 0 radical (unpaired) electrons. The van der Waals surface area contributed by atoms with Gasteiger partial charge in [0.25, 0.3) is 10.0 Å². The highest BCUT2D eigenvalue weighted by atomic mass is 32.2. The van der Waals surface area contributed by atoms with Crippen LogP contribution in [0.1, 0.15) is 126 Å². The van der Waals surface area contributed by atoms with Crippen molar-refractivity contribution in [2.24, 2.45) is 0 Å². The predicted octanol–water partition coefficient (Wildman–Crippen LogP) is 9.61. The number of phenols is 1. The molecule has 2 aromatic rings. The molecule has 0 heterocycles. The molecule has 0 bridgehead atoms. The maximum absolute atomic E-state index is 12.9. The van der Waals surface area contributed by atoms with Crippen LogP contribution in [-0.2, 0) is 16.4 Å². The normalized spacial score (nSPS) is 11.6. The van der Waals surface area contributed by atoms with E-state index in [1.54, 1.807) is 18.2 Å². The summed E-state index contributed by atoms with van der Waals surface area (Å²) in [7, 11) is -3.68. The average molecular weight is 530 g/mol. The molecule has 0 aromatic heterocycles. The van der Waals surface area contributed by atoms with Gasteiger partial charge in [0.1, 0.15) is 5.75 Å². The molecule has 0 amide bonds. The minimum absolute atomic E-state index is 0.105. The molecule has 37 heavy (non-hydrogen) atoms. The number of benzene rings is 2. The molecule has 0 saturated heterocycles. The molecule has 2 N–H and O–H groups in total. The van der Waals surface area contributed by atoms with Crippen LogP contribution < -0.4 is 4.72 Å². The van der Waals surface area contributed by atoms with E-state index >= 15 is 0 Å². The highest BCUT2D eigenvalue weighted by Gasteiger charge is 2.18. The van der Waals surface area contributed by atoms with Crippen molar-refractivity contribution in [1.82, 2.24) is 0 Å². The van der Waals surface area contributed by atoms with Crippen molar-refractivity contribution >= 4 is 15.7 Å². The third-order valence-electron chi connectivity index (χ3n) is 7.34. The summed E-state index contributed by atoms with van der Waals surface area (Å²) < 4.78 is 28.4. The molecule has 0 aliphatic heterocycles. The molecular formula is C32H51NO3S. The van der Waals surface area contributed by atoms with Gasteiger partial charge in [-0.2, -0.15) is 0 Å². The quantitative estimate of drug-likeness (QED) is 0.132. The van der Waals surface area contributed by atoms with Crippen molar-refractivity contribution in [1.29, 1.82) is 0 Å². The molecular weight excluding hydrogens is 478 g/mol. The minimum atomic E-state index is -3.68. The Morgan fingerprint density at radius 2 is 1.11 bits per heavy atom. The lowest BCUT2D eigenvalue weighted by molar-refractivity contribution is 0.475. The molecule has 0 saturated carbocycles. The van der Waals surface area contributed by atoms with E-state index in [-0.39, 0.29) is 5.75 Å². The Kier molecular flexibility index (Phi) is 14.8. The number of sulfonamides is 1. The lowest BCUT2D eigenvalue weighted by Crippen LogP contribution is -2.15. The summed E-state index contributed by atoms with van der Waals surface area (Å²) in [5.41, 5.74) is 3.47. The molecule has 5 heteroatoms. The largest absolute Gasteiger partial charge is 0.508 e. The van der Waals surface area contributed by atoms with Crippen LogP contribution in [0.25, 0.3) is 0 Å². The number of anilines is 1. The van der Waals surface area contributed by atoms with Crippen molar-refractivity contribution in [2.75, 3.05) is 4.72 Å². The molecule has 0 aliphatic rings. The summed E-state index contributed by atoms with van der Waals surface area (Å²) in [6, 6.07) is 9.88. The second kappa shape index (κ2) is 17.5. The standard InChI is InChI=1S/C32H51NO3S/c1-4-5-6-7-8-9-10-11-12-13-14-15-16-17-18-19-20-29-25-28(3)32(26-27(29)2)37(35,36)33-30-21-23-31(34)24-22-30/h21-26,33-34H,4-20H2,1-3H3. The summed E-state index contributed by atoms with van der Waals surface area (Å²) in [5.74, 6) is 0.105. The fourth-order valence-electron chi connectivity index (χ4n) is 5.01. The van der Waals surface area contributed by atoms with Crippen LogP contribution in [0.2, 0.25) is 0 Å². The van der Waals surface area contributed by atoms with Gasteiger partial charge in [-0.3, -0.25) is 4.72 Å². The third kappa shape index (κ3) is 12.4. The number of aryl methyl sites for hydroxylation is 3. The smallest absolute Gasteiger partial charge is 0.262 e.